The molecule has 1 amide bonds. The molecule has 13 heteroatoms. The van der Waals surface area contributed by atoms with Crippen molar-refractivity contribution in [1.29, 1.82) is 0 Å². The molecule has 1 aliphatic heterocycles. The summed E-state index contributed by atoms with van der Waals surface area (Å²) in [5.41, 5.74) is 14.6. The number of nitrogens with zero attached hydrogens (tertiary/aromatic N) is 3. The van der Waals surface area contributed by atoms with Gasteiger partial charge in [-0.15, -0.1) is 22.7 Å². The smallest absolute Gasteiger partial charge is 0.255 e. The third-order valence-electron chi connectivity index (χ3n) is 9.99. The number of aromatic nitrogens is 2. The summed E-state index contributed by atoms with van der Waals surface area (Å²) in [7, 11) is 0. The van der Waals surface area contributed by atoms with Crippen LogP contribution in [0.4, 0.5) is 11.4 Å². The van der Waals surface area contributed by atoms with Crippen LogP contribution >= 0.6 is 34.3 Å². The van der Waals surface area contributed by atoms with Crippen LogP contribution in [0, 0.1) is 13.8 Å². The molecule has 0 bridgehead atoms. The van der Waals surface area contributed by atoms with Gasteiger partial charge < -0.3 is 30.9 Å². The van der Waals surface area contributed by atoms with Crippen LogP contribution in [0.25, 0.3) is 41.6 Å². The summed E-state index contributed by atoms with van der Waals surface area (Å²) in [6, 6.07) is 40.2. The van der Waals surface area contributed by atoms with Crippen LogP contribution in [0.2, 0.25) is 0 Å². The van der Waals surface area contributed by atoms with Gasteiger partial charge in [-0.2, -0.15) is 0 Å². The highest BCUT2D eigenvalue weighted by Gasteiger charge is 2.10. The van der Waals surface area contributed by atoms with Crippen molar-refractivity contribution in [3.63, 3.8) is 0 Å². The maximum Gasteiger partial charge on any atom is 0.255 e. The SMILES string of the molecule is C1CCOC1.CCN(CC)CC.Cc1ccc2nc(-c3ccc(N)cc3)sc2c1.Cc1ccc2nc(-c3ccc(NC(=O)c4cccc(O)c4)cc3)sc2c1.O=C(Cl)c1cccc(O)c1. The number of benzene rings is 6. The Kier molecular flexibility index (Phi) is 19.5. The average Bonchev–Trinajstić information content (AvgIpc) is 4.11. The maximum atomic E-state index is 12.2. The molecule has 0 radical (unpaired) electrons. The van der Waals surface area contributed by atoms with E-state index in [4.69, 9.17) is 27.2 Å². The second-order valence-electron chi connectivity index (χ2n) is 14.9. The lowest BCUT2D eigenvalue weighted by Crippen LogP contribution is -2.21. The zero-order valence-electron chi connectivity index (χ0n) is 37.4. The quantitative estimate of drug-likeness (QED) is 0.0862. The largest absolute Gasteiger partial charge is 0.508 e. The number of anilines is 2. The number of phenolic OH excluding ortho intramolecular Hbond substituents is 2. The normalized spacial score (nSPS) is 11.6. The third kappa shape index (κ3) is 15.8. The second kappa shape index (κ2) is 25.4. The van der Waals surface area contributed by atoms with Crippen molar-refractivity contribution in [3.05, 3.63) is 156 Å². The van der Waals surface area contributed by atoms with E-state index in [1.807, 2.05) is 54.6 Å². The van der Waals surface area contributed by atoms with Gasteiger partial charge in [-0.3, -0.25) is 9.59 Å². The van der Waals surface area contributed by atoms with Crippen molar-refractivity contribution >= 4 is 77.2 Å². The third-order valence-corrected chi connectivity index (χ3v) is 12.3. The van der Waals surface area contributed by atoms with Gasteiger partial charge in [0.2, 0.25) is 0 Å². The molecule has 6 aromatic carbocycles. The minimum Gasteiger partial charge on any atom is -0.508 e. The van der Waals surface area contributed by atoms with Crippen molar-refractivity contribution in [3.8, 4) is 32.6 Å². The summed E-state index contributed by atoms with van der Waals surface area (Å²) in [4.78, 5) is 34.4. The first kappa shape index (κ1) is 49.9. The summed E-state index contributed by atoms with van der Waals surface area (Å²) < 4.78 is 7.35. The lowest BCUT2D eigenvalue weighted by molar-refractivity contribution is 0.102. The van der Waals surface area contributed by atoms with Crippen molar-refractivity contribution in [2.24, 2.45) is 0 Å². The fourth-order valence-electron chi connectivity index (χ4n) is 6.29. The number of ether oxygens (including phenoxy) is 1. The number of phenols is 2. The molecule has 338 valence electrons. The fraction of sp³-hybridized carbons (Fsp3) is 0.231. The first-order chi connectivity index (χ1) is 31.3. The molecule has 0 atom stereocenters. The van der Waals surface area contributed by atoms with E-state index >= 15 is 0 Å². The number of carbonyl (C=O) groups excluding carboxylic acids is 2. The van der Waals surface area contributed by atoms with Crippen LogP contribution in [0.1, 0.15) is 65.5 Å². The summed E-state index contributed by atoms with van der Waals surface area (Å²) in [5, 5.41) is 22.6. The zero-order valence-corrected chi connectivity index (χ0v) is 39.8. The Morgan fingerprint density at radius 3 is 1.52 bits per heavy atom. The summed E-state index contributed by atoms with van der Waals surface area (Å²) in [6.07, 6.45) is 2.56. The molecular weight excluding hydrogens is 874 g/mol. The van der Waals surface area contributed by atoms with Crippen molar-refractivity contribution < 1.29 is 24.5 Å². The molecule has 1 saturated heterocycles. The Labute approximate surface area is 394 Å². The van der Waals surface area contributed by atoms with Gasteiger partial charge in [0.15, 0.2) is 0 Å². The second-order valence-corrected chi connectivity index (χ2v) is 17.4. The van der Waals surface area contributed by atoms with E-state index in [1.54, 1.807) is 40.9 Å². The number of nitrogens with one attached hydrogen (secondary N) is 1. The molecule has 8 aromatic rings. The Morgan fingerprint density at radius 1 is 0.662 bits per heavy atom. The van der Waals surface area contributed by atoms with Crippen LogP contribution in [-0.2, 0) is 4.74 Å². The number of hydrogen-bond acceptors (Lipinski definition) is 11. The van der Waals surface area contributed by atoms with E-state index in [9.17, 15) is 14.7 Å². The highest BCUT2D eigenvalue weighted by molar-refractivity contribution is 7.22. The summed E-state index contributed by atoms with van der Waals surface area (Å²) in [5.74, 6) is -0.144. The van der Waals surface area contributed by atoms with Crippen LogP contribution in [-0.4, -0.2) is 69.1 Å². The molecule has 0 aliphatic carbocycles. The average molecular weight is 931 g/mol. The lowest BCUT2D eigenvalue weighted by atomic mass is 10.2. The number of aryl methyl sites for hydroxylation is 2. The van der Waals surface area contributed by atoms with E-state index in [1.165, 1.54) is 83.3 Å². The molecule has 2 aromatic heterocycles. The molecule has 9 rings (SSSR count). The number of amides is 1. The van der Waals surface area contributed by atoms with E-state index in [0.717, 1.165) is 51.1 Å². The van der Waals surface area contributed by atoms with Crippen molar-refractivity contribution in [2.75, 3.05) is 43.9 Å². The first-order valence-electron chi connectivity index (χ1n) is 21.5. The number of halogens is 1. The van der Waals surface area contributed by atoms with E-state index in [0.29, 0.717) is 16.8 Å². The number of hydrogen-bond donors (Lipinski definition) is 4. The highest BCUT2D eigenvalue weighted by Crippen LogP contribution is 2.32. The van der Waals surface area contributed by atoms with Gasteiger partial charge in [-0.25, -0.2) is 9.97 Å². The molecule has 1 aliphatic rings. The fourth-order valence-corrected chi connectivity index (χ4v) is 8.55. The molecule has 65 heavy (non-hydrogen) atoms. The number of nitrogens with two attached hydrogens (primary N) is 1. The Balaban J connectivity index is 0.000000173. The Hall–Kier alpha value is -6.15. The summed E-state index contributed by atoms with van der Waals surface area (Å²) in [6.45, 7) is 16.3. The molecule has 10 nitrogen and oxygen atoms in total. The minimum absolute atomic E-state index is 0.0477. The van der Waals surface area contributed by atoms with E-state index in [2.05, 4.69) is 85.1 Å². The zero-order chi connectivity index (χ0) is 46.7. The van der Waals surface area contributed by atoms with Gasteiger partial charge in [0, 0.05) is 46.8 Å². The van der Waals surface area contributed by atoms with Crippen LogP contribution in [0.5, 0.6) is 11.5 Å². The molecule has 5 N–H and O–H groups in total. The standard InChI is InChI=1S/C21H16N2O2S.C14H12N2S.C7H5ClO2.C6H15N.C4H8O/c1-13-5-10-18-19(11-13)26-21(23-18)14-6-8-16(9-7-14)22-20(25)15-3-2-4-17(24)12-15;1-9-2-7-12-13(8-9)17-14(16-12)10-3-5-11(15)6-4-10;8-7(10)5-2-1-3-6(9)4-5;1-4-7(5-2)6-3;1-2-4-5-3-1/h2-12,24H,1H3,(H,22,25);2-8H,15H2,1H3;1-4,9H;4-6H2,1-3H3;1-4H2. The van der Waals surface area contributed by atoms with Crippen molar-refractivity contribution in [2.45, 2.75) is 47.5 Å². The van der Waals surface area contributed by atoms with Crippen LogP contribution < -0.4 is 11.1 Å². The van der Waals surface area contributed by atoms with E-state index < -0.39 is 5.24 Å². The van der Waals surface area contributed by atoms with Gasteiger partial charge >= 0.3 is 0 Å². The lowest BCUT2D eigenvalue weighted by Gasteiger charge is -2.13. The van der Waals surface area contributed by atoms with Gasteiger partial charge in [0.1, 0.15) is 21.5 Å². The minimum atomic E-state index is -0.559. The molecule has 0 saturated carbocycles. The van der Waals surface area contributed by atoms with Gasteiger partial charge in [-0.05, 0) is 178 Å². The predicted molar refractivity (Wildman–Crippen MR) is 272 cm³/mol. The number of carbonyl (C=O) groups is 2. The number of thiazole rings is 2. The topological polar surface area (TPSA) is 151 Å². The van der Waals surface area contributed by atoms with Gasteiger partial charge in [-0.1, -0.05) is 45.0 Å². The molecule has 0 unspecified atom stereocenters. The predicted octanol–water partition coefficient (Wildman–Crippen LogP) is 13.0. The van der Waals surface area contributed by atoms with E-state index in [-0.39, 0.29) is 17.4 Å². The Bertz CT molecular complexity index is 2740. The monoisotopic (exact) mass is 929 g/mol. The first-order valence-corrected chi connectivity index (χ1v) is 23.5. The highest BCUT2D eigenvalue weighted by atomic mass is 35.5. The van der Waals surface area contributed by atoms with Gasteiger partial charge in [0.05, 0.1) is 20.4 Å². The summed E-state index contributed by atoms with van der Waals surface area (Å²) >= 11 is 8.50. The molecule has 0 spiro atoms. The Morgan fingerprint density at radius 2 is 1.12 bits per heavy atom. The molecule has 1 fully saturated rings. The number of nitrogen functional groups attached to an aromatic ring is 1. The van der Waals surface area contributed by atoms with Gasteiger partial charge in [0.25, 0.3) is 11.1 Å². The van der Waals surface area contributed by atoms with Crippen LogP contribution in [0.15, 0.2) is 133 Å². The molecular formula is C52H56ClN5O5S2. The van der Waals surface area contributed by atoms with Crippen molar-refractivity contribution in [1.82, 2.24) is 14.9 Å². The van der Waals surface area contributed by atoms with Crippen LogP contribution in [0.3, 0.4) is 0 Å². The number of fused-ring (bicyclic) bond motifs is 2. The number of rotatable bonds is 8. The maximum absolute atomic E-state index is 12.2. The number of aromatic hydroxyl groups is 2. The molecule has 3 heterocycles.